The third-order valence-electron chi connectivity index (χ3n) is 4.99. The zero-order valence-electron chi connectivity index (χ0n) is 15.1. The van der Waals surface area contributed by atoms with Crippen molar-refractivity contribution in [3.8, 4) is 0 Å². The number of amides is 1. The lowest BCUT2D eigenvalue weighted by Crippen LogP contribution is -2.50. The molecule has 25 heavy (non-hydrogen) atoms. The largest absolute Gasteiger partial charge is 0.368 e. The van der Waals surface area contributed by atoms with Crippen molar-refractivity contribution < 1.29 is 9.59 Å². The molecule has 4 nitrogen and oxygen atoms in total. The number of carbonyl (C=O) groups excluding carboxylic acids is 2. The van der Waals surface area contributed by atoms with Gasteiger partial charge in [-0.2, -0.15) is 0 Å². The number of carbonyl (C=O) groups is 2. The second-order valence-corrected chi connectivity index (χ2v) is 6.69. The smallest absolute Gasteiger partial charge is 0.295 e. The first kappa shape index (κ1) is 17.2. The molecule has 1 amide bonds. The zero-order valence-corrected chi connectivity index (χ0v) is 15.1. The van der Waals surface area contributed by atoms with Crippen molar-refractivity contribution in [2.75, 3.05) is 31.1 Å². The second-order valence-electron chi connectivity index (χ2n) is 6.69. The second kappa shape index (κ2) is 7.09. The van der Waals surface area contributed by atoms with E-state index in [9.17, 15) is 9.59 Å². The van der Waals surface area contributed by atoms with Crippen LogP contribution in [0, 0.1) is 20.8 Å². The molecule has 0 bridgehead atoms. The number of hydrogen-bond donors (Lipinski definition) is 0. The molecule has 4 heteroatoms. The maximum absolute atomic E-state index is 12.5. The number of anilines is 1. The third-order valence-corrected chi connectivity index (χ3v) is 4.99. The molecule has 0 N–H and O–H groups in total. The van der Waals surface area contributed by atoms with E-state index in [0.717, 1.165) is 18.7 Å². The molecule has 2 aromatic rings. The van der Waals surface area contributed by atoms with Gasteiger partial charge < -0.3 is 9.80 Å². The first-order valence-electron chi connectivity index (χ1n) is 8.69. The summed E-state index contributed by atoms with van der Waals surface area (Å²) in [6, 6.07) is 13.5. The summed E-state index contributed by atoms with van der Waals surface area (Å²) in [6.07, 6.45) is 0. The Hall–Kier alpha value is -2.62. The quantitative estimate of drug-likeness (QED) is 0.639. The number of hydrogen-bond acceptors (Lipinski definition) is 3. The van der Waals surface area contributed by atoms with Crippen molar-refractivity contribution in [3.63, 3.8) is 0 Å². The molecule has 0 radical (unpaired) electrons. The van der Waals surface area contributed by atoms with Crippen molar-refractivity contribution in [2.45, 2.75) is 20.8 Å². The standard InChI is InChI=1S/C21H24N2O2/c1-15-7-9-18(10-8-15)20(24)21(25)23-13-11-22(12-14-23)19-6-4-5-16(2)17(19)3/h4-10H,11-14H2,1-3H3. The Balaban J connectivity index is 1.65. The van der Waals surface area contributed by atoms with Gasteiger partial charge >= 0.3 is 0 Å². The van der Waals surface area contributed by atoms with Crippen LogP contribution in [-0.4, -0.2) is 42.8 Å². The molecular weight excluding hydrogens is 312 g/mol. The first-order chi connectivity index (χ1) is 12.0. The fourth-order valence-corrected chi connectivity index (χ4v) is 3.20. The van der Waals surface area contributed by atoms with Crippen LogP contribution in [0.1, 0.15) is 27.0 Å². The first-order valence-corrected chi connectivity index (χ1v) is 8.69. The van der Waals surface area contributed by atoms with Crippen molar-refractivity contribution in [3.05, 3.63) is 64.7 Å². The lowest BCUT2D eigenvalue weighted by atomic mass is 10.1. The van der Waals surface area contributed by atoms with Gasteiger partial charge in [-0.1, -0.05) is 42.0 Å². The van der Waals surface area contributed by atoms with E-state index in [2.05, 4.69) is 36.9 Å². The average Bonchev–Trinajstić information content (AvgIpc) is 2.64. The molecule has 0 aromatic heterocycles. The van der Waals surface area contributed by atoms with Crippen LogP contribution in [0.25, 0.3) is 0 Å². The number of Topliss-reactive ketones (excluding diaryl/α,β-unsaturated/α-hetero) is 1. The van der Waals surface area contributed by atoms with Gasteiger partial charge in [0.2, 0.25) is 5.78 Å². The van der Waals surface area contributed by atoms with Crippen LogP contribution >= 0.6 is 0 Å². The van der Waals surface area contributed by atoms with Crippen LogP contribution in [-0.2, 0) is 4.79 Å². The highest BCUT2D eigenvalue weighted by Gasteiger charge is 2.27. The fourth-order valence-electron chi connectivity index (χ4n) is 3.20. The van der Waals surface area contributed by atoms with E-state index < -0.39 is 11.7 Å². The molecule has 2 aromatic carbocycles. The number of rotatable bonds is 3. The van der Waals surface area contributed by atoms with Crippen molar-refractivity contribution >= 4 is 17.4 Å². The molecule has 3 rings (SSSR count). The molecular formula is C21H24N2O2. The van der Waals surface area contributed by atoms with Crippen molar-refractivity contribution in [1.82, 2.24) is 4.90 Å². The van der Waals surface area contributed by atoms with Gasteiger partial charge in [0.1, 0.15) is 0 Å². The Morgan fingerprint density at radius 2 is 1.48 bits per heavy atom. The van der Waals surface area contributed by atoms with Crippen LogP contribution in [0.5, 0.6) is 0 Å². The minimum Gasteiger partial charge on any atom is -0.368 e. The highest BCUT2D eigenvalue weighted by atomic mass is 16.2. The van der Waals surface area contributed by atoms with Gasteiger partial charge in [0.05, 0.1) is 0 Å². The number of ketones is 1. The molecule has 0 unspecified atom stereocenters. The van der Waals surface area contributed by atoms with E-state index >= 15 is 0 Å². The normalized spacial score (nSPS) is 14.5. The van der Waals surface area contributed by atoms with Crippen molar-refractivity contribution in [1.29, 1.82) is 0 Å². The van der Waals surface area contributed by atoms with Gasteiger partial charge in [-0.15, -0.1) is 0 Å². The molecule has 1 fully saturated rings. The minimum absolute atomic E-state index is 0.399. The molecule has 130 valence electrons. The summed E-state index contributed by atoms with van der Waals surface area (Å²) in [5.41, 5.74) is 5.30. The van der Waals surface area contributed by atoms with Gasteiger partial charge in [0.25, 0.3) is 5.91 Å². The minimum atomic E-state index is -0.416. The molecule has 1 aliphatic rings. The summed E-state index contributed by atoms with van der Waals surface area (Å²) >= 11 is 0. The van der Waals surface area contributed by atoms with Gasteiger partial charge in [-0.25, -0.2) is 0 Å². The Morgan fingerprint density at radius 3 is 2.12 bits per heavy atom. The zero-order chi connectivity index (χ0) is 18.0. The SMILES string of the molecule is Cc1ccc(C(=O)C(=O)N2CCN(c3cccc(C)c3C)CC2)cc1. The summed E-state index contributed by atoms with van der Waals surface area (Å²) in [6.45, 7) is 8.84. The van der Waals surface area contributed by atoms with Gasteiger partial charge in [0.15, 0.2) is 0 Å². The topological polar surface area (TPSA) is 40.6 Å². The third kappa shape index (κ3) is 3.58. The van der Waals surface area contributed by atoms with Crippen LogP contribution in [0.2, 0.25) is 0 Å². The molecule has 1 saturated heterocycles. The lowest BCUT2D eigenvalue weighted by molar-refractivity contribution is -0.126. The van der Waals surface area contributed by atoms with E-state index in [0.29, 0.717) is 18.7 Å². The number of piperazine rings is 1. The summed E-state index contributed by atoms with van der Waals surface area (Å²) in [7, 11) is 0. The van der Waals surface area contributed by atoms with Gasteiger partial charge in [-0.05, 0) is 38.0 Å². The van der Waals surface area contributed by atoms with Crippen LogP contribution in [0.3, 0.4) is 0 Å². The molecule has 0 saturated carbocycles. The van der Waals surface area contributed by atoms with Gasteiger partial charge in [0, 0.05) is 37.4 Å². The summed E-state index contributed by atoms with van der Waals surface area (Å²) in [5.74, 6) is -0.815. The van der Waals surface area contributed by atoms with Crippen LogP contribution in [0.4, 0.5) is 5.69 Å². The highest BCUT2D eigenvalue weighted by molar-refractivity contribution is 6.42. The predicted molar refractivity (Wildman–Crippen MR) is 100 cm³/mol. The summed E-state index contributed by atoms with van der Waals surface area (Å²) in [5, 5.41) is 0. The molecule has 0 spiro atoms. The molecule has 1 heterocycles. The monoisotopic (exact) mass is 336 g/mol. The summed E-state index contributed by atoms with van der Waals surface area (Å²) in [4.78, 5) is 28.9. The number of nitrogens with zero attached hydrogens (tertiary/aromatic N) is 2. The van der Waals surface area contributed by atoms with E-state index in [1.807, 2.05) is 19.1 Å². The fraction of sp³-hybridized carbons (Fsp3) is 0.333. The van der Waals surface area contributed by atoms with E-state index in [1.165, 1.54) is 16.8 Å². The van der Waals surface area contributed by atoms with Gasteiger partial charge in [-0.3, -0.25) is 9.59 Å². The lowest BCUT2D eigenvalue weighted by Gasteiger charge is -2.36. The van der Waals surface area contributed by atoms with Crippen LogP contribution in [0.15, 0.2) is 42.5 Å². The maximum Gasteiger partial charge on any atom is 0.295 e. The number of benzene rings is 2. The molecule has 0 aliphatic carbocycles. The Labute approximate surface area is 149 Å². The summed E-state index contributed by atoms with van der Waals surface area (Å²) < 4.78 is 0. The highest BCUT2D eigenvalue weighted by Crippen LogP contribution is 2.24. The van der Waals surface area contributed by atoms with Crippen molar-refractivity contribution in [2.24, 2.45) is 0 Å². The molecule has 0 atom stereocenters. The Morgan fingerprint density at radius 1 is 0.840 bits per heavy atom. The Kier molecular flexibility index (Phi) is 4.88. The van der Waals surface area contributed by atoms with Crippen LogP contribution < -0.4 is 4.90 Å². The number of aryl methyl sites for hydroxylation is 2. The average molecular weight is 336 g/mol. The maximum atomic E-state index is 12.5. The Bertz CT molecular complexity index is 788. The van der Waals surface area contributed by atoms with E-state index in [-0.39, 0.29) is 0 Å². The molecule has 1 aliphatic heterocycles. The van der Waals surface area contributed by atoms with E-state index in [4.69, 9.17) is 0 Å². The van der Waals surface area contributed by atoms with E-state index in [1.54, 1.807) is 17.0 Å². The predicted octanol–water partition coefficient (Wildman–Crippen LogP) is 3.14.